The molecule has 3 aliphatic heterocycles. The van der Waals surface area contributed by atoms with Gasteiger partial charge in [0.25, 0.3) is 11.9 Å². The zero-order valence-electron chi connectivity index (χ0n) is 21.5. The highest BCUT2D eigenvalue weighted by molar-refractivity contribution is 6.19. The minimum atomic E-state index is -1.20. The van der Waals surface area contributed by atoms with Crippen LogP contribution in [0.1, 0.15) is 35.2 Å². The van der Waals surface area contributed by atoms with E-state index in [4.69, 9.17) is 25.6 Å². The van der Waals surface area contributed by atoms with Crippen molar-refractivity contribution in [1.29, 1.82) is 5.41 Å². The summed E-state index contributed by atoms with van der Waals surface area (Å²) in [6.45, 7) is 3.18. The minimum absolute atomic E-state index is 0.200. The van der Waals surface area contributed by atoms with Gasteiger partial charge in [-0.2, -0.15) is 4.99 Å². The molecule has 2 unspecified atom stereocenters. The average molecular weight is 524 g/mol. The lowest BCUT2D eigenvalue weighted by Crippen LogP contribution is -2.47. The van der Waals surface area contributed by atoms with Gasteiger partial charge in [0, 0.05) is 16.8 Å². The first kappa shape index (κ1) is 24.7. The van der Waals surface area contributed by atoms with Gasteiger partial charge >= 0.3 is 0 Å². The molecule has 39 heavy (non-hydrogen) atoms. The molecule has 1 amide bonds. The number of carbonyl (C=O) groups excluding carboxylic acids is 1. The highest BCUT2D eigenvalue weighted by Crippen LogP contribution is 2.35. The van der Waals surface area contributed by atoms with Gasteiger partial charge in [0.05, 0.1) is 42.3 Å². The highest BCUT2D eigenvalue weighted by Gasteiger charge is 2.39. The normalized spacial score (nSPS) is 22.4. The van der Waals surface area contributed by atoms with Crippen LogP contribution in [0.3, 0.4) is 0 Å². The van der Waals surface area contributed by atoms with E-state index < -0.39 is 12.1 Å². The Bertz CT molecular complexity index is 1470. The summed E-state index contributed by atoms with van der Waals surface area (Å²) in [4.78, 5) is 29.1. The Hall–Kier alpha value is -4.57. The molecule has 0 saturated carbocycles. The van der Waals surface area contributed by atoms with Gasteiger partial charge in [-0.05, 0) is 38.0 Å². The van der Waals surface area contributed by atoms with Crippen LogP contribution in [0.25, 0.3) is 0 Å². The molecule has 2 saturated heterocycles. The first-order chi connectivity index (χ1) is 19.0. The van der Waals surface area contributed by atoms with Gasteiger partial charge in [-0.25, -0.2) is 9.98 Å². The highest BCUT2D eigenvalue weighted by atomic mass is 16.5. The summed E-state index contributed by atoms with van der Waals surface area (Å²) in [5.74, 6) is 0.0268. The number of aromatic nitrogens is 1. The number of anilines is 2. The third kappa shape index (κ3) is 4.86. The Morgan fingerprint density at radius 2 is 1.79 bits per heavy atom. The van der Waals surface area contributed by atoms with E-state index in [0.717, 1.165) is 29.7 Å². The predicted octanol–water partition coefficient (Wildman–Crippen LogP) is 3.23. The number of benzodiazepines with no additional fused rings is 1. The van der Waals surface area contributed by atoms with E-state index in [2.05, 4.69) is 20.2 Å². The van der Waals surface area contributed by atoms with Gasteiger partial charge in [-0.15, -0.1) is 0 Å². The molecule has 2 aromatic carbocycles. The second kappa shape index (κ2) is 10.3. The second-order valence-corrected chi connectivity index (χ2v) is 9.80. The molecule has 4 heterocycles. The number of hydrogen-bond acceptors (Lipinski definition) is 8. The van der Waals surface area contributed by atoms with Crippen LogP contribution in [0.15, 0.2) is 76.7 Å². The number of para-hydroxylation sites is 1. The van der Waals surface area contributed by atoms with Crippen molar-refractivity contribution < 1.29 is 14.3 Å². The van der Waals surface area contributed by atoms with Gasteiger partial charge in [0.15, 0.2) is 0 Å². The number of nitrogens with zero attached hydrogens (tertiary/aromatic N) is 4. The number of ether oxygens (including phenoxy) is 2. The standard InChI is InChI=1S/C29H29N7O3/c1-17-11-14-22(27(32-17)36-19-12-13-20(36)16-38-15-19)25(30)39-29(31)35-26-28(37)33-23-10-6-5-9-21(23)24(34-26)18-7-3-2-4-8-18/h2-11,14,19-20,26,30H,12-13,15-16H2,1H3,(H2,31,35)(H,33,37)/t19?,20?,26-/m1/s1. The van der Waals surface area contributed by atoms with Crippen molar-refractivity contribution in [2.75, 3.05) is 23.4 Å². The van der Waals surface area contributed by atoms with Gasteiger partial charge in [0.2, 0.25) is 12.1 Å². The molecular weight excluding hydrogens is 494 g/mol. The molecular formula is C29H29N7O3. The maximum Gasteiger partial charge on any atom is 0.291 e. The summed E-state index contributed by atoms with van der Waals surface area (Å²) in [7, 11) is 0. The monoisotopic (exact) mass is 523 g/mol. The third-order valence-corrected chi connectivity index (χ3v) is 7.17. The van der Waals surface area contributed by atoms with Gasteiger partial charge in [0.1, 0.15) is 5.82 Å². The summed E-state index contributed by atoms with van der Waals surface area (Å²) in [6, 6.07) is 20.7. The maximum atomic E-state index is 13.1. The lowest BCUT2D eigenvalue weighted by Gasteiger charge is -2.36. The van der Waals surface area contributed by atoms with Crippen LogP contribution in [-0.4, -0.2) is 60.0 Å². The largest absolute Gasteiger partial charge is 0.407 e. The molecule has 1 aromatic heterocycles. The van der Waals surface area contributed by atoms with Crippen LogP contribution in [-0.2, 0) is 14.3 Å². The molecule has 3 aliphatic rings. The summed E-state index contributed by atoms with van der Waals surface area (Å²) in [5.41, 5.74) is 10.3. The van der Waals surface area contributed by atoms with E-state index in [-0.39, 0.29) is 24.0 Å². The number of aryl methyl sites for hydroxylation is 1. The number of aliphatic imine (C=N–C) groups is 2. The number of fused-ring (bicyclic) bond motifs is 3. The maximum absolute atomic E-state index is 13.1. The number of carbonyl (C=O) groups is 1. The lowest BCUT2D eigenvalue weighted by atomic mass is 10.0. The smallest absolute Gasteiger partial charge is 0.291 e. The fraction of sp³-hybridized carbons (Fsp3) is 0.276. The Labute approximate surface area is 226 Å². The van der Waals surface area contributed by atoms with Gasteiger partial charge in [-0.1, -0.05) is 48.5 Å². The summed E-state index contributed by atoms with van der Waals surface area (Å²) < 4.78 is 11.4. The van der Waals surface area contributed by atoms with E-state index in [0.29, 0.717) is 36.0 Å². The molecule has 10 nitrogen and oxygen atoms in total. The van der Waals surface area contributed by atoms with E-state index in [9.17, 15) is 4.79 Å². The Morgan fingerprint density at radius 1 is 1.08 bits per heavy atom. The van der Waals surface area contributed by atoms with E-state index in [1.165, 1.54) is 0 Å². The Balaban J connectivity index is 1.30. The Kier molecular flexibility index (Phi) is 6.54. The topological polar surface area (TPSA) is 138 Å². The van der Waals surface area contributed by atoms with Crippen LogP contribution < -0.4 is 16.0 Å². The van der Waals surface area contributed by atoms with Crippen LogP contribution in [0.5, 0.6) is 0 Å². The van der Waals surface area contributed by atoms with Gasteiger partial charge < -0.3 is 25.4 Å². The summed E-state index contributed by atoms with van der Waals surface area (Å²) in [5, 5.41) is 11.6. The summed E-state index contributed by atoms with van der Waals surface area (Å²) in [6.07, 6.45) is 0.822. The minimum Gasteiger partial charge on any atom is -0.407 e. The number of benzene rings is 2. The molecule has 198 valence electrons. The van der Waals surface area contributed by atoms with Gasteiger partial charge in [-0.3, -0.25) is 10.2 Å². The Morgan fingerprint density at radius 3 is 2.56 bits per heavy atom. The number of rotatable bonds is 4. The van der Waals surface area contributed by atoms with E-state index in [1.807, 2.05) is 73.7 Å². The zero-order valence-corrected chi connectivity index (χ0v) is 21.5. The number of amides is 1. The number of amidine groups is 1. The molecule has 2 fully saturated rings. The average Bonchev–Trinajstić information content (AvgIpc) is 3.10. The van der Waals surface area contributed by atoms with Crippen LogP contribution >= 0.6 is 0 Å². The quantitative estimate of drug-likeness (QED) is 0.355. The molecule has 3 atom stereocenters. The fourth-order valence-electron chi connectivity index (χ4n) is 5.36. The fourth-order valence-corrected chi connectivity index (χ4v) is 5.36. The first-order valence-electron chi connectivity index (χ1n) is 12.9. The first-order valence-corrected chi connectivity index (χ1v) is 12.9. The van der Waals surface area contributed by atoms with Crippen molar-refractivity contribution in [3.05, 3.63) is 89.1 Å². The zero-order chi connectivity index (χ0) is 26.9. The summed E-state index contributed by atoms with van der Waals surface area (Å²) >= 11 is 0. The molecule has 4 N–H and O–H groups in total. The van der Waals surface area contributed by atoms with Crippen molar-refractivity contribution >= 4 is 35.0 Å². The van der Waals surface area contributed by atoms with Crippen LogP contribution in [0.2, 0.25) is 0 Å². The van der Waals surface area contributed by atoms with E-state index in [1.54, 1.807) is 0 Å². The third-order valence-electron chi connectivity index (χ3n) is 7.17. The van der Waals surface area contributed by atoms with E-state index >= 15 is 0 Å². The molecule has 0 aliphatic carbocycles. The number of hydrogen-bond donors (Lipinski definition) is 3. The molecule has 3 aromatic rings. The number of morpholine rings is 1. The molecule has 2 bridgehead atoms. The number of nitrogens with one attached hydrogen (secondary N) is 2. The molecule has 0 radical (unpaired) electrons. The number of pyridine rings is 1. The molecule has 6 rings (SSSR count). The van der Waals surface area contributed by atoms with Crippen LogP contribution in [0.4, 0.5) is 11.5 Å². The SMILES string of the molecule is Cc1ccc(C(=N)OC(N)=N[C@H]2N=C(c3ccccc3)c3ccccc3NC2=O)c(N2C3CCC2COC3)n1. The predicted molar refractivity (Wildman–Crippen MR) is 150 cm³/mol. The van der Waals surface area contributed by atoms with Crippen molar-refractivity contribution in [3.8, 4) is 0 Å². The van der Waals surface area contributed by atoms with Crippen molar-refractivity contribution in [3.63, 3.8) is 0 Å². The van der Waals surface area contributed by atoms with Crippen molar-refractivity contribution in [1.82, 2.24) is 4.98 Å². The molecule has 10 heteroatoms. The lowest BCUT2D eigenvalue weighted by molar-refractivity contribution is -0.117. The van der Waals surface area contributed by atoms with Crippen LogP contribution in [0, 0.1) is 12.3 Å². The second-order valence-electron chi connectivity index (χ2n) is 9.80. The van der Waals surface area contributed by atoms with Crippen molar-refractivity contribution in [2.24, 2.45) is 15.7 Å². The number of nitrogens with two attached hydrogens (primary N) is 1. The molecule has 0 spiro atoms. The van der Waals surface area contributed by atoms with Crippen molar-refractivity contribution in [2.45, 2.75) is 38.0 Å².